The van der Waals surface area contributed by atoms with Gasteiger partial charge in [0, 0.05) is 25.0 Å². The Labute approximate surface area is 135 Å². The number of rotatable bonds is 4. The molecule has 120 valence electrons. The van der Waals surface area contributed by atoms with Crippen LogP contribution in [0.25, 0.3) is 0 Å². The van der Waals surface area contributed by atoms with Crippen LogP contribution in [0, 0.1) is 0 Å². The second-order valence-corrected chi connectivity index (χ2v) is 6.04. The van der Waals surface area contributed by atoms with Crippen LogP contribution >= 0.6 is 11.6 Å². The van der Waals surface area contributed by atoms with Crippen molar-refractivity contribution in [2.45, 2.75) is 25.4 Å². The fraction of sp³-hybridized carbons (Fsp3) is 0.500. The van der Waals surface area contributed by atoms with Crippen molar-refractivity contribution in [3.8, 4) is 0 Å². The maximum Gasteiger partial charge on any atom is 0.253 e. The summed E-state index contributed by atoms with van der Waals surface area (Å²) in [5.74, 6) is -0.170. The maximum absolute atomic E-state index is 12.3. The minimum Gasteiger partial charge on any atom is -0.362 e. The number of ether oxygens (including phenoxy) is 1. The van der Waals surface area contributed by atoms with E-state index < -0.39 is 5.60 Å². The van der Waals surface area contributed by atoms with Gasteiger partial charge in [0.25, 0.3) is 5.91 Å². The van der Waals surface area contributed by atoms with Crippen molar-refractivity contribution in [3.63, 3.8) is 0 Å². The highest BCUT2D eigenvalue weighted by Gasteiger charge is 2.39. The van der Waals surface area contributed by atoms with Crippen LogP contribution in [0.1, 0.15) is 18.9 Å². The first-order valence-corrected chi connectivity index (χ1v) is 7.71. The Morgan fingerprint density at radius 2 is 2.05 bits per heavy atom. The summed E-state index contributed by atoms with van der Waals surface area (Å²) < 4.78 is 5.55. The first kappa shape index (κ1) is 16.8. The zero-order valence-electron chi connectivity index (χ0n) is 12.9. The van der Waals surface area contributed by atoms with Crippen molar-refractivity contribution in [1.82, 2.24) is 10.2 Å². The van der Waals surface area contributed by atoms with E-state index in [1.807, 2.05) is 24.3 Å². The molecule has 1 aliphatic heterocycles. The summed E-state index contributed by atoms with van der Waals surface area (Å²) in [6.45, 7) is 2.89. The molecule has 1 aromatic carbocycles. The number of likely N-dealkylation sites (N-methyl/N-ethyl adjacent to an activating group) is 1. The minimum absolute atomic E-state index is 0.0355. The van der Waals surface area contributed by atoms with Crippen molar-refractivity contribution in [3.05, 3.63) is 34.9 Å². The third-order valence-corrected chi connectivity index (χ3v) is 4.13. The molecule has 1 aliphatic rings. The van der Waals surface area contributed by atoms with E-state index in [4.69, 9.17) is 16.3 Å². The van der Waals surface area contributed by atoms with Crippen molar-refractivity contribution in [1.29, 1.82) is 0 Å². The van der Waals surface area contributed by atoms with Gasteiger partial charge in [-0.25, -0.2) is 0 Å². The first-order chi connectivity index (χ1) is 10.4. The minimum atomic E-state index is -0.969. The fourth-order valence-corrected chi connectivity index (χ4v) is 2.67. The predicted molar refractivity (Wildman–Crippen MR) is 84.8 cm³/mol. The molecule has 1 atom stereocenters. The van der Waals surface area contributed by atoms with Crippen molar-refractivity contribution in [2.75, 3.05) is 26.7 Å². The Morgan fingerprint density at radius 1 is 1.36 bits per heavy atom. The number of halogens is 1. The molecule has 6 heteroatoms. The number of hydrogen-bond donors (Lipinski definition) is 1. The van der Waals surface area contributed by atoms with E-state index in [1.54, 1.807) is 18.9 Å². The van der Waals surface area contributed by atoms with Crippen molar-refractivity contribution >= 4 is 23.4 Å². The third-order valence-electron chi connectivity index (χ3n) is 3.88. The van der Waals surface area contributed by atoms with Crippen molar-refractivity contribution in [2.24, 2.45) is 0 Å². The van der Waals surface area contributed by atoms with E-state index in [0.29, 0.717) is 31.0 Å². The lowest BCUT2D eigenvalue weighted by molar-refractivity contribution is -0.162. The van der Waals surface area contributed by atoms with Crippen LogP contribution in [-0.2, 0) is 20.7 Å². The van der Waals surface area contributed by atoms with Crippen LogP contribution in [0.4, 0.5) is 0 Å². The van der Waals surface area contributed by atoms with Crippen LogP contribution in [0.15, 0.2) is 24.3 Å². The fourth-order valence-electron chi connectivity index (χ4n) is 2.55. The van der Waals surface area contributed by atoms with Gasteiger partial charge >= 0.3 is 0 Å². The number of benzene rings is 1. The lowest BCUT2D eigenvalue weighted by Gasteiger charge is -2.39. The van der Waals surface area contributed by atoms with Gasteiger partial charge in [-0.1, -0.05) is 23.7 Å². The molecule has 22 heavy (non-hydrogen) atoms. The number of carbonyl (C=O) groups is 2. The molecule has 2 rings (SSSR count). The second-order valence-electron chi connectivity index (χ2n) is 5.60. The molecular formula is C16H21ClN2O3. The Morgan fingerprint density at radius 3 is 2.68 bits per heavy atom. The van der Waals surface area contributed by atoms with E-state index in [9.17, 15) is 9.59 Å². The van der Waals surface area contributed by atoms with Crippen LogP contribution in [-0.4, -0.2) is 49.1 Å². The number of carbonyl (C=O) groups excluding carboxylic acids is 2. The summed E-state index contributed by atoms with van der Waals surface area (Å²) in [6.07, 6.45) is 1.06. The van der Waals surface area contributed by atoms with Crippen LogP contribution in [0.5, 0.6) is 0 Å². The molecule has 0 bridgehead atoms. The van der Waals surface area contributed by atoms with Gasteiger partial charge in [-0.15, -0.1) is 0 Å². The second kappa shape index (κ2) is 7.11. The smallest absolute Gasteiger partial charge is 0.253 e. The average Bonchev–Trinajstić information content (AvgIpc) is 2.53. The Balaban J connectivity index is 1.92. The SMILES string of the molecule is CNC(=O)[C@@]1(C)CN(C(=O)CCc2ccc(Cl)cc2)CCO1. The van der Waals surface area contributed by atoms with Crippen LogP contribution < -0.4 is 5.32 Å². The van der Waals surface area contributed by atoms with E-state index in [2.05, 4.69) is 5.32 Å². The molecule has 1 heterocycles. The standard InChI is InChI=1S/C16H21ClN2O3/c1-16(15(21)18-2)11-19(9-10-22-16)14(20)8-5-12-3-6-13(17)7-4-12/h3-4,6-7H,5,8-11H2,1-2H3,(H,18,21)/t16-/m1/s1. The highest BCUT2D eigenvalue weighted by Crippen LogP contribution is 2.19. The van der Waals surface area contributed by atoms with E-state index in [-0.39, 0.29) is 18.4 Å². The zero-order valence-corrected chi connectivity index (χ0v) is 13.7. The van der Waals surface area contributed by atoms with E-state index >= 15 is 0 Å². The molecule has 0 aromatic heterocycles. The normalized spacial score (nSPS) is 21.5. The largest absolute Gasteiger partial charge is 0.362 e. The quantitative estimate of drug-likeness (QED) is 0.916. The first-order valence-electron chi connectivity index (χ1n) is 7.33. The molecule has 1 saturated heterocycles. The zero-order chi connectivity index (χ0) is 16.2. The van der Waals surface area contributed by atoms with E-state index in [1.165, 1.54) is 0 Å². The molecular weight excluding hydrogens is 304 g/mol. The highest BCUT2D eigenvalue weighted by atomic mass is 35.5. The summed E-state index contributed by atoms with van der Waals surface area (Å²) in [5.41, 5.74) is 0.100. The summed E-state index contributed by atoms with van der Waals surface area (Å²) in [5, 5.41) is 3.27. The summed E-state index contributed by atoms with van der Waals surface area (Å²) >= 11 is 5.84. The molecule has 1 N–H and O–H groups in total. The summed E-state index contributed by atoms with van der Waals surface area (Å²) in [7, 11) is 1.57. The molecule has 0 saturated carbocycles. The number of amides is 2. The molecule has 0 spiro atoms. The molecule has 0 aliphatic carbocycles. The third kappa shape index (κ3) is 3.99. The van der Waals surface area contributed by atoms with Gasteiger partial charge in [0.1, 0.15) is 0 Å². The van der Waals surface area contributed by atoms with E-state index in [0.717, 1.165) is 5.56 Å². The van der Waals surface area contributed by atoms with Gasteiger partial charge in [0.2, 0.25) is 5.91 Å². The van der Waals surface area contributed by atoms with Gasteiger partial charge in [-0.05, 0) is 31.0 Å². The highest BCUT2D eigenvalue weighted by molar-refractivity contribution is 6.30. The molecule has 1 aromatic rings. The lowest BCUT2D eigenvalue weighted by atomic mass is 10.0. The number of morpholine rings is 1. The number of nitrogens with one attached hydrogen (secondary N) is 1. The average molecular weight is 325 g/mol. The summed E-state index contributed by atoms with van der Waals surface area (Å²) in [6, 6.07) is 7.48. The Hall–Kier alpha value is -1.59. The summed E-state index contributed by atoms with van der Waals surface area (Å²) in [4.78, 5) is 25.9. The number of nitrogens with zero attached hydrogens (tertiary/aromatic N) is 1. The molecule has 0 radical (unpaired) electrons. The van der Waals surface area contributed by atoms with Gasteiger partial charge in [-0.2, -0.15) is 0 Å². The maximum atomic E-state index is 12.3. The van der Waals surface area contributed by atoms with Crippen molar-refractivity contribution < 1.29 is 14.3 Å². The monoisotopic (exact) mass is 324 g/mol. The molecule has 5 nitrogen and oxygen atoms in total. The number of aryl methyl sites for hydroxylation is 1. The van der Waals surface area contributed by atoms with Crippen LogP contribution in [0.2, 0.25) is 5.02 Å². The van der Waals surface area contributed by atoms with Gasteiger partial charge < -0.3 is 15.0 Å². The topological polar surface area (TPSA) is 58.6 Å². The molecule has 0 unspecified atom stereocenters. The Kier molecular flexibility index (Phi) is 5.42. The molecule has 1 fully saturated rings. The van der Waals surface area contributed by atoms with Gasteiger partial charge in [0.05, 0.1) is 13.2 Å². The lowest BCUT2D eigenvalue weighted by Crippen LogP contribution is -2.58. The number of hydrogen-bond acceptors (Lipinski definition) is 3. The van der Waals surface area contributed by atoms with Crippen LogP contribution in [0.3, 0.4) is 0 Å². The molecule has 2 amide bonds. The Bertz CT molecular complexity index is 547. The predicted octanol–water partition coefficient (Wildman–Crippen LogP) is 1.64. The van der Waals surface area contributed by atoms with Gasteiger partial charge in [0.15, 0.2) is 5.60 Å². The van der Waals surface area contributed by atoms with Gasteiger partial charge in [-0.3, -0.25) is 9.59 Å².